The summed E-state index contributed by atoms with van der Waals surface area (Å²) in [7, 11) is 1.31. The quantitative estimate of drug-likeness (QED) is 0.126. The average molecular weight is 558 g/mol. The highest BCUT2D eigenvalue weighted by molar-refractivity contribution is 5.73. The number of methoxy groups -OCH3 is 1. The number of hydrogen-bond donors (Lipinski definition) is 10. The SMILES string of the molecule is CO[C@H]1C(O)C(N)[C@H](O[C@@H]2C(CO)O[C@@H](O[C@H]3C(O)C(NC(C)=O)[C@H](O)O[C@H]3CO)[C@@H](N)C2O)O[C@H]1CO. The molecule has 6 unspecified atom stereocenters. The van der Waals surface area contributed by atoms with E-state index in [0.717, 1.165) is 6.92 Å². The average Bonchev–Trinajstić information content (AvgIpc) is 2.89. The molecule has 0 bridgehead atoms. The van der Waals surface area contributed by atoms with Crippen LogP contribution in [0.3, 0.4) is 0 Å². The number of ether oxygens (including phenoxy) is 6. The minimum atomic E-state index is -1.66. The van der Waals surface area contributed by atoms with Gasteiger partial charge in [0.1, 0.15) is 61.0 Å². The van der Waals surface area contributed by atoms with Gasteiger partial charge in [-0.25, -0.2) is 0 Å². The Morgan fingerprint density at radius 1 is 0.763 bits per heavy atom. The van der Waals surface area contributed by atoms with Gasteiger partial charge in [0.2, 0.25) is 5.91 Å². The van der Waals surface area contributed by atoms with E-state index in [9.17, 15) is 40.5 Å². The number of aliphatic hydroxyl groups is 7. The molecule has 0 aromatic heterocycles. The summed E-state index contributed by atoms with van der Waals surface area (Å²) in [5, 5.41) is 73.9. The lowest BCUT2D eigenvalue weighted by atomic mass is 9.94. The van der Waals surface area contributed by atoms with Crippen LogP contribution in [0.15, 0.2) is 0 Å². The van der Waals surface area contributed by atoms with Crippen LogP contribution in [0.2, 0.25) is 0 Å². The van der Waals surface area contributed by atoms with Crippen molar-refractivity contribution in [3.8, 4) is 0 Å². The van der Waals surface area contributed by atoms with Gasteiger partial charge in [0.05, 0.1) is 31.9 Å². The molecule has 3 aliphatic rings. The maximum Gasteiger partial charge on any atom is 0.217 e. The summed E-state index contributed by atoms with van der Waals surface area (Å²) in [6.07, 6.45) is -16.2. The number of carbonyl (C=O) groups is 1. The van der Waals surface area contributed by atoms with Crippen LogP contribution < -0.4 is 16.8 Å². The van der Waals surface area contributed by atoms with Crippen LogP contribution in [0.1, 0.15) is 6.92 Å². The first kappa shape index (κ1) is 31.4. The Morgan fingerprint density at radius 3 is 1.63 bits per heavy atom. The van der Waals surface area contributed by atoms with Crippen LogP contribution in [0.25, 0.3) is 0 Å². The van der Waals surface area contributed by atoms with Gasteiger partial charge in [-0.1, -0.05) is 0 Å². The summed E-state index contributed by atoms with van der Waals surface area (Å²) in [6.45, 7) is -0.770. The highest BCUT2D eigenvalue weighted by Gasteiger charge is 2.53. The first-order valence-corrected chi connectivity index (χ1v) is 12.1. The van der Waals surface area contributed by atoms with E-state index in [-0.39, 0.29) is 0 Å². The minimum absolute atomic E-state index is 0.531. The lowest BCUT2D eigenvalue weighted by molar-refractivity contribution is -0.349. The van der Waals surface area contributed by atoms with Gasteiger partial charge in [-0.3, -0.25) is 4.79 Å². The fraction of sp³-hybridized carbons (Fsp3) is 0.952. The van der Waals surface area contributed by atoms with Gasteiger partial charge in [-0.2, -0.15) is 0 Å². The van der Waals surface area contributed by atoms with Crippen LogP contribution in [0, 0.1) is 0 Å². The number of carbonyl (C=O) groups excluding carboxylic acids is 1. The molecular weight excluding hydrogens is 518 g/mol. The van der Waals surface area contributed by atoms with Gasteiger partial charge in [-0.15, -0.1) is 0 Å². The molecule has 12 N–H and O–H groups in total. The largest absolute Gasteiger partial charge is 0.394 e. The molecule has 3 saturated heterocycles. The molecule has 3 heterocycles. The predicted octanol–water partition coefficient (Wildman–Crippen LogP) is -6.84. The number of rotatable bonds is 9. The van der Waals surface area contributed by atoms with Crippen molar-refractivity contribution in [1.82, 2.24) is 5.32 Å². The second-order valence-electron chi connectivity index (χ2n) is 9.45. The second kappa shape index (κ2) is 13.5. The number of hydrogen-bond acceptors (Lipinski definition) is 16. The first-order valence-electron chi connectivity index (χ1n) is 12.1. The van der Waals surface area contributed by atoms with E-state index < -0.39 is 118 Å². The minimum Gasteiger partial charge on any atom is -0.394 e. The molecule has 0 aromatic rings. The van der Waals surface area contributed by atoms with Crippen molar-refractivity contribution in [2.75, 3.05) is 26.9 Å². The van der Waals surface area contributed by atoms with Gasteiger partial charge in [0.15, 0.2) is 18.9 Å². The van der Waals surface area contributed by atoms with Gasteiger partial charge >= 0.3 is 0 Å². The summed E-state index contributed by atoms with van der Waals surface area (Å²) < 4.78 is 33.2. The van der Waals surface area contributed by atoms with Crippen molar-refractivity contribution in [2.45, 2.75) is 98.9 Å². The zero-order valence-electron chi connectivity index (χ0n) is 20.9. The van der Waals surface area contributed by atoms with Gasteiger partial charge in [-0.05, 0) is 0 Å². The Balaban J connectivity index is 1.74. The van der Waals surface area contributed by atoms with E-state index in [2.05, 4.69) is 5.32 Å². The zero-order valence-corrected chi connectivity index (χ0v) is 20.9. The van der Waals surface area contributed by atoms with E-state index in [1.165, 1.54) is 7.11 Å². The standard InChI is InChI=1S/C21H39N3O14/c1-6(28)24-12-15(31)18(8(4-26)34-19(12)32)38-21-11(23)14(30)17(9(5-27)36-21)37-20-10(22)13(29)16(33-2)7(3-25)35-20/h7-21,25-27,29-32H,3-5,22-23H2,1-2H3,(H,24,28)/t7-,8-,9?,10?,11-,12?,13?,14?,15?,16+,17+,18+,19+,20-,21-/m0/s1. The lowest BCUT2D eigenvalue weighted by Gasteiger charge is -2.49. The third-order valence-corrected chi connectivity index (χ3v) is 6.90. The van der Waals surface area contributed by atoms with Crippen molar-refractivity contribution >= 4 is 5.91 Å². The molecule has 3 aliphatic heterocycles. The molecule has 38 heavy (non-hydrogen) atoms. The van der Waals surface area contributed by atoms with Crippen molar-refractivity contribution < 1.29 is 69.0 Å². The molecule has 0 aliphatic carbocycles. The molecule has 3 fully saturated rings. The van der Waals surface area contributed by atoms with E-state index in [1.54, 1.807) is 0 Å². The summed E-state index contributed by atoms with van der Waals surface area (Å²) in [5.74, 6) is -0.576. The molecule has 17 nitrogen and oxygen atoms in total. The number of aliphatic hydroxyl groups excluding tert-OH is 7. The predicted molar refractivity (Wildman–Crippen MR) is 122 cm³/mol. The molecule has 0 radical (unpaired) electrons. The Hall–Kier alpha value is -1.13. The Morgan fingerprint density at radius 2 is 1.18 bits per heavy atom. The molecule has 17 heteroatoms. The highest BCUT2D eigenvalue weighted by atomic mass is 16.7. The second-order valence-corrected chi connectivity index (χ2v) is 9.45. The molecule has 0 saturated carbocycles. The summed E-state index contributed by atoms with van der Waals surface area (Å²) in [4.78, 5) is 11.5. The van der Waals surface area contributed by atoms with Crippen molar-refractivity contribution in [3.05, 3.63) is 0 Å². The summed E-state index contributed by atoms with van der Waals surface area (Å²) >= 11 is 0. The molecular formula is C21H39N3O14. The monoisotopic (exact) mass is 557 g/mol. The van der Waals surface area contributed by atoms with Crippen LogP contribution in [0.5, 0.6) is 0 Å². The normalized spacial score (nSPS) is 48.0. The van der Waals surface area contributed by atoms with Crippen LogP contribution in [-0.4, -0.2) is 161 Å². The van der Waals surface area contributed by atoms with Crippen molar-refractivity contribution in [1.29, 1.82) is 0 Å². The topological polar surface area (TPSA) is 278 Å². The fourth-order valence-corrected chi connectivity index (χ4v) is 4.83. The third-order valence-electron chi connectivity index (χ3n) is 6.90. The van der Waals surface area contributed by atoms with E-state index >= 15 is 0 Å². The highest BCUT2D eigenvalue weighted by Crippen LogP contribution is 2.31. The zero-order chi connectivity index (χ0) is 28.3. The molecule has 3 rings (SSSR count). The van der Waals surface area contributed by atoms with Gasteiger partial charge in [0.25, 0.3) is 0 Å². The maximum absolute atomic E-state index is 11.5. The molecule has 0 spiro atoms. The van der Waals surface area contributed by atoms with Crippen molar-refractivity contribution in [2.24, 2.45) is 11.5 Å². The maximum atomic E-state index is 11.5. The first-order chi connectivity index (χ1) is 18.0. The van der Waals surface area contributed by atoms with Crippen LogP contribution in [-0.2, 0) is 33.2 Å². The third kappa shape index (κ3) is 6.43. The number of amides is 1. The summed E-state index contributed by atoms with van der Waals surface area (Å²) in [5.41, 5.74) is 12.2. The Labute approximate surface area is 218 Å². The van der Waals surface area contributed by atoms with Crippen LogP contribution >= 0.6 is 0 Å². The molecule has 0 aromatic carbocycles. The van der Waals surface area contributed by atoms with Gasteiger partial charge in [0, 0.05) is 14.0 Å². The summed E-state index contributed by atoms with van der Waals surface area (Å²) in [6, 6.07) is -3.84. The number of nitrogens with one attached hydrogen (secondary N) is 1. The van der Waals surface area contributed by atoms with Crippen LogP contribution in [0.4, 0.5) is 0 Å². The molecule has 1 amide bonds. The molecule has 15 atom stereocenters. The van der Waals surface area contributed by atoms with E-state index in [4.69, 9.17) is 39.9 Å². The van der Waals surface area contributed by atoms with Crippen molar-refractivity contribution in [3.63, 3.8) is 0 Å². The Bertz CT molecular complexity index is 765. The van der Waals surface area contributed by atoms with Gasteiger partial charge < -0.3 is 81.0 Å². The van der Waals surface area contributed by atoms with E-state index in [0.29, 0.717) is 0 Å². The lowest BCUT2D eigenvalue weighted by Crippen LogP contribution is -2.69. The Kier molecular flexibility index (Phi) is 11.1. The number of nitrogens with two attached hydrogens (primary N) is 2. The smallest absolute Gasteiger partial charge is 0.217 e. The fourth-order valence-electron chi connectivity index (χ4n) is 4.83. The van der Waals surface area contributed by atoms with E-state index in [1.807, 2.05) is 0 Å². The molecule has 222 valence electrons.